The van der Waals surface area contributed by atoms with Gasteiger partial charge in [0.05, 0.1) is 7.11 Å². The van der Waals surface area contributed by atoms with Gasteiger partial charge in [-0.05, 0) is 43.0 Å². The zero-order valence-electron chi connectivity index (χ0n) is 10.0. The molecule has 1 fully saturated rings. The van der Waals surface area contributed by atoms with Crippen molar-refractivity contribution in [1.29, 1.82) is 0 Å². The van der Waals surface area contributed by atoms with Gasteiger partial charge >= 0.3 is 0 Å². The normalized spacial score (nSPS) is 19.0. The number of halogens is 1. The van der Waals surface area contributed by atoms with E-state index in [0.717, 1.165) is 48.8 Å². The third kappa shape index (κ3) is 3.12. The van der Waals surface area contributed by atoms with Crippen molar-refractivity contribution < 1.29 is 9.47 Å². The Labute approximate surface area is 107 Å². The molecule has 1 aromatic rings. The van der Waals surface area contributed by atoms with Gasteiger partial charge in [0.25, 0.3) is 0 Å². The maximum Gasteiger partial charge on any atom is 0.122 e. The highest BCUT2D eigenvalue weighted by Gasteiger charge is 2.29. The molecule has 0 bridgehead atoms. The molecule has 0 radical (unpaired) electrons. The molecule has 2 N–H and O–H groups in total. The second-order valence-corrected chi connectivity index (χ2v) is 5.04. The highest BCUT2D eigenvalue weighted by molar-refractivity contribution is 6.30. The lowest BCUT2D eigenvalue weighted by molar-refractivity contribution is 0.0531. The van der Waals surface area contributed by atoms with Gasteiger partial charge in [0.1, 0.15) is 5.75 Å². The van der Waals surface area contributed by atoms with Gasteiger partial charge < -0.3 is 15.2 Å². The molecular formula is C13H18ClNO2. The Kier molecular flexibility index (Phi) is 3.92. The summed E-state index contributed by atoms with van der Waals surface area (Å²) < 4.78 is 10.7. The second kappa shape index (κ2) is 5.25. The second-order valence-electron chi connectivity index (χ2n) is 4.61. The van der Waals surface area contributed by atoms with E-state index in [1.54, 1.807) is 7.11 Å². The van der Waals surface area contributed by atoms with E-state index in [-0.39, 0.29) is 5.54 Å². The smallest absolute Gasteiger partial charge is 0.122 e. The fraction of sp³-hybridized carbons (Fsp3) is 0.538. The van der Waals surface area contributed by atoms with Gasteiger partial charge in [-0.1, -0.05) is 11.6 Å². The van der Waals surface area contributed by atoms with Crippen LogP contribution in [0.3, 0.4) is 0 Å². The quantitative estimate of drug-likeness (QED) is 0.902. The summed E-state index contributed by atoms with van der Waals surface area (Å²) in [7, 11) is 1.67. The van der Waals surface area contributed by atoms with Crippen LogP contribution in [0.25, 0.3) is 0 Å². The molecule has 1 aliphatic heterocycles. The predicted molar refractivity (Wildman–Crippen MR) is 68.7 cm³/mol. The Morgan fingerprint density at radius 1 is 1.41 bits per heavy atom. The van der Waals surface area contributed by atoms with E-state index in [4.69, 9.17) is 26.8 Å². The van der Waals surface area contributed by atoms with Crippen LogP contribution in [-0.4, -0.2) is 25.9 Å². The Morgan fingerprint density at radius 2 is 2.12 bits per heavy atom. The summed E-state index contributed by atoms with van der Waals surface area (Å²) in [5.41, 5.74) is 7.26. The lowest BCUT2D eigenvalue weighted by Gasteiger charge is -2.33. The van der Waals surface area contributed by atoms with Gasteiger partial charge in [-0.2, -0.15) is 0 Å². The van der Waals surface area contributed by atoms with Crippen molar-refractivity contribution in [1.82, 2.24) is 0 Å². The van der Waals surface area contributed by atoms with E-state index in [1.165, 1.54) is 0 Å². The highest BCUT2D eigenvalue weighted by Crippen LogP contribution is 2.29. The number of hydrogen-bond donors (Lipinski definition) is 1. The van der Waals surface area contributed by atoms with Crippen LogP contribution in [0.5, 0.6) is 5.75 Å². The predicted octanol–water partition coefficient (Wildman–Crippen LogP) is 2.40. The SMILES string of the molecule is COc1ccc(Cl)cc1CC1(N)CCOCC1. The summed E-state index contributed by atoms with van der Waals surface area (Å²) in [5.74, 6) is 0.853. The minimum atomic E-state index is -0.198. The third-order valence-corrected chi connectivity index (χ3v) is 3.51. The Balaban J connectivity index is 2.19. The maximum atomic E-state index is 6.39. The van der Waals surface area contributed by atoms with Crippen LogP contribution in [-0.2, 0) is 11.2 Å². The van der Waals surface area contributed by atoms with Crippen molar-refractivity contribution in [2.24, 2.45) is 5.73 Å². The molecular weight excluding hydrogens is 238 g/mol. The maximum absolute atomic E-state index is 6.39. The van der Waals surface area contributed by atoms with Gasteiger partial charge in [-0.25, -0.2) is 0 Å². The fourth-order valence-corrected chi connectivity index (χ4v) is 2.41. The molecule has 1 aliphatic rings. The van der Waals surface area contributed by atoms with E-state index < -0.39 is 0 Å². The average Bonchev–Trinajstić information content (AvgIpc) is 2.29. The highest BCUT2D eigenvalue weighted by atomic mass is 35.5. The fourth-order valence-electron chi connectivity index (χ4n) is 2.22. The van der Waals surface area contributed by atoms with Crippen molar-refractivity contribution in [2.75, 3.05) is 20.3 Å². The number of hydrogen-bond acceptors (Lipinski definition) is 3. The molecule has 0 saturated carbocycles. The molecule has 0 spiro atoms. The summed E-state index contributed by atoms with van der Waals surface area (Å²) in [6.45, 7) is 1.47. The number of benzene rings is 1. The number of methoxy groups -OCH3 is 1. The van der Waals surface area contributed by atoms with Gasteiger partial charge in [-0.15, -0.1) is 0 Å². The lowest BCUT2D eigenvalue weighted by Crippen LogP contribution is -2.46. The molecule has 0 aromatic heterocycles. The molecule has 17 heavy (non-hydrogen) atoms. The van der Waals surface area contributed by atoms with Crippen LogP contribution in [0.4, 0.5) is 0 Å². The first-order valence-electron chi connectivity index (χ1n) is 5.82. The zero-order chi connectivity index (χ0) is 12.3. The van der Waals surface area contributed by atoms with Crippen molar-refractivity contribution in [3.05, 3.63) is 28.8 Å². The van der Waals surface area contributed by atoms with Crippen molar-refractivity contribution in [2.45, 2.75) is 24.8 Å². The standard InChI is InChI=1S/C13H18ClNO2/c1-16-12-3-2-11(14)8-10(12)9-13(15)4-6-17-7-5-13/h2-3,8H,4-7,9,15H2,1H3. The van der Waals surface area contributed by atoms with Crippen LogP contribution in [0.1, 0.15) is 18.4 Å². The van der Waals surface area contributed by atoms with E-state index in [2.05, 4.69) is 0 Å². The molecule has 1 saturated heterocycles. The zero-order valence-corrected chi connectivity index (χ0v) is 10.8. The van der Waals surface area contributed by atoms with Gasteiger partial charge in [0.15, 0.2) is 0 Å². The van der Waals surface area contributed by atoms with E-state index in [9.17, 15) is 0 Å². The summed E-state index contributed by atoms with van der Waals surface area (Å²) in [4.78, 5) is 0. The molecule has 3 nitrogen and oxygen atoms in total. The van der Waals surface area contributed by atoms with E-state index >= 15 is 0 Å². The first-order chi connectivity index (χ1) is 8.13. The summed E-state index contributed by atoms with van der Waals surface area (Å²) in [6.07, 6.45) is 2.53. The Bertz CT molecular complexity index is 389. The molecule has 0 unspecified atom stereocenters. The lowest BCUT2D eigenvalue weighted by atomic mass is 9.84. The van der Waals surface area contributed by atoms with Crippen LogP contribution in [0.2, 0.25) is 5.02 Å². The minimum Gasteiger partial charge on any atom is -0.496 e. The van der Waals surface area contributed by atoms with Crippen LogP contribution < -0.4 is 10.5 Å². The topological polar surface area (TPSA) is 44.5 Å². The van der Waals surface area contributed by atoms with Crippen LogP contribution in [0, 0.1) is 0 Å². The first-order valence-corrected chi connectivity index (χ1v) is 6.20. The molecule has 4 heteroatoms. The third-order valence-electron chi connectivity index (χ3n) is 3.27. The van der Waals surface area contributed by atoms with Crippen molar-refractivity contribution >= 4 is 11.6 Å². The van der Waals surface area contributed by atoms with Crippen LogP contribution in [0.15, 0.2) is 18.2 Å². The molecule has 0 amide bonds. The largest absolute Gasteiger partial charge is 0.496 e. The van der Waals surface area contributed by atoms with Crippen LogP contribution >= 0.6 is 11.6 Å². The number of rotatable bonds is 3. The molecule has 0 aliphatic carbocycles. The molecule has 1 heterocycles. The number of ether oxygens (including phenoxy) is 2. The summed E-state index contributed by atoms with van der Waals surface area (Å²) in [6, 6.07) is 5.65. The summed E-state index contributed by atoms with van der Waals surface area (Å²) >= 11 is 6.02. The van der Waals surface area contributed by atoms with E-state index in [0.29, 0.717) is 0 Å². The molecule has 0 atom stereocenters. The number of nitrogens with two attached hydrogens (primary N) is 1. The Hall–Kier alpha value is -0.770. The molecule has 94 valence electrons. The van der Waals surface area contributed by atoms with Gasteiger partial charge in [-0.3, -0.25) is 0 Å². The van der Waals surface area contributed by atoms with Gasteiger partial charge in [0, 0.05) is 23.8 Å². The Morgan fingerprint density at radius 3 is 2.76 bits per heavy atom. The first kappa shape index (κ1) is 12.7. The van der Waals surface area contributed by atoms with Gasteiger partial charge in [0.2, 0.25) is 0 Å². The average molecular weight is 256 g/mol. The summed E-state index contributed by atoms with van der Waals surface area (Å²) in [5, 5.41) is 0.719. The monoisotopic (exact) mass is 255 g/mol. The molecule has 2 rings (SSSR count). The minimum absolute atomic E-state index is 0.198. The van der Waals surface area contributed by atoms with Crippen molar-refractivity contribution in [3.63, 3.8) is 0 Å². The molecule has 1 aromatic carbocycles. The van der Waals surface area contributed by atoms with Crippen molar-refractivity contribution in [3.8, 4) is 5.75 Å². The van der Waals surface area contributed by atoms with E-state index in [1.807, 2.05) is 18.2 Å².